The van der Waals surface area contributed by atoms with Gasteiger partial charge < -0.3 is 14.4 Å². The molecule has 0 bridgehead atoms. The Hall–Kier alpha value is -2.48. The number of carbonyl (C=O) groups is 1. The lowest BCUT2D eigenvalue weighted by atomic mass is 10.2. The van der Waals surface area contributed by atoms with Crippen molar-refractivity contribution < 1.29 is 23.1 Å². The van der Waals surface area contributed by atoms with Crippen LogP contribution in [0, 0.1) is 0 Å². The number of aryl methyl sites for hydroxylation is 1. The molecule has 0 fully saturated rings. The van der Waals surface area contributed by atoms with Crippen LogP contribution in [0.25, 0.3) is 0 Å². The van der Waals surface area contributed by atoms with Crippen molar-refractivity contribution in [2.45, 2.75) is 4.90 Å². The molecule has 1 aromatic carbocycles. The fourth-order valence-electron chi connectivity index (χ4n) is 1.78. The van der Waals surface area contributed by atoms with E-state index in [0.29, 0.717) is 0 Å². The van der Waals surface area contributed by atoms with Gasteiger partial charge in [-0.2, -0.15) is 0 Å². The number of aromatic nitrogens is 1. The molecule has 0 radical (unpaired) electrons. The number of aromatic carboxylic acids is 1. The average molecular weight is 310 g/mol. The lowest BCUT2D eigenvalue weighted by Gasteiger charge is -2.10. The summed E-state index contributed by atoms with van der Waals surface area (Å²) < 4.78 is 33.2. The van der Waals surface area contributed by atoms with Gasteiger partial charge in [-0.3, -0.25) is 4.72 Å². The number of carboxylic acid groups (broad SMARTS) is 1. The lowest BCUT2D eigenvalue weighted by Crippen LogP contribution is -2.12. The maximum absolute atomic E-state index is 12.2. The molecule has 0 aliphatic rings. The van der Waals surface area contributed by atoms with Gasteiger partial charge in [-0.1, -0.05) is 0 Å². The molecule has 0 aliphatic carbocycles. The molecule has 21 heavy (non-hydrogen) atoms. The molecule has 0 aliphatic heterocycles. The van der Waals surface area contributed by atoms with Crippen LogP contribution < -0.4 is 9.46 Å². The predicted octanol–water partition coefficient (Wildman–Crippen LogP) is 1.53. The summed E-state index contributed by atoms with van der Waals surface area (Å²) in [5, 5.41) is 8.98. The van der Waals surface area contributed by atoms with Crippen molar-refractivity contribution in [2.24, 2.45) is 7.05 Å². The van der Waals surface area contributed by atoms with Crippen LogP contribution in [0.15, 0.2) is 41.6 Å². The van der Waals surface area contributed by atoms with Crippen molar-refractivity contribution in [3.05, 3.63) is 42.2 Å². The van der Waals surface area contributed by atoms with Gasteiger partial charge in [0.25, 0.3) is 10.0 Å². The summed E-state index contributed by atoms with van der Waals surface area (Å²) >= 11 is 0. The third-order valence-electron chi connectivity index (χ3n) is 2.80. The summed E-state index contributed by atoms with van der Waals surface area (Å²) in [6, 6.07) is 5.44. The topological polar surface area (TPSA) is 97.6 Å². The van der Waals surface area contributed by atoms with E-state index in [9.17, 15) is 13.2 Å². The number of hydrogen-bond acceptors (Lipinski definition) is 4. The maximum Gasteiger partial charge on any atom is 0.339 e. The van der Waals surface area contributed by atoms with E-state index in [1.807, 2.05) is 0 Å². The first kappa shape index (κ1) is 14.9. The Balaban J connectivity index is 2.34. The van der Waals surface area contributed by atoms with Crippen molar-refractivity contribution in [3.63, 3.8) is 0 Å². The molecule has 0 unspecified atom stereocenters. The van der Waals surface area contributed by atoms with Gasteiger partial charge in [0.15, 0.2) is 0 Å². The van der Waals surface area contributed by atoms with Crippen molar-refractivity contribution in [1.82, 2.24) is 4.57 Å². The normalized spacial score (nSPS) is 11.1. The highest BCUT2D eigenvalue weighted by atomic mass is 32.2. The largest absolute Gasteiger partial charge is 0.496 e. The molecule has 0 saturated carbocycles. The monoisotopic (exact) mass is 310 g/mol. The Morgan fingerprint density at radius 1 is 1.33 bits per heavy atom. The molecule has 0 spiro atoms. The van der Waals surface area contributed by atoms with Crippen LogP contribution in [-0.2, 0) is 17.1 Å². The summed E-state index contributed by atoms with van der Waals surface area (Å²) in [6.45, 7) is 0. The molecule has 7 nitrogen and oxygen atoms in total. The SMILES string of the molecule is COc1cc(NS(=O)(=O)c2ccn(C)c2)ccc1C(=O)O. The van der Waals surface area contributed by atoms with E-state index in [0.717, 1.165) is 0 Å². The van der Waals surface area contributed by atoms with Crippen LogP contribution >= 0.6 is 0 Å². The summed E-state index contributed by atoms with van der Waals surface area (Å²) in [5.41, 5.74) is 0.181. The Morgan fingerprint density at radius 3 is 2.57 bits per heavy atom. The van der Waals surface area contributed by atoms with Gasteiger partial charge in [-0.25, -0.2) is 13.2 Å². The molecule has 112 valence electrons. The zero-order valence-corrected chi connectivity index (χ0v) is 12.2. The van der Waals surface area contributed by atoms with Gasteiger partial charge in [0.1, 0.15) is 16.2 Å². The molecular formula is C13H14N2O5S. The lowest BCUT2D eigenvalue weighted by molar-refractivity contribution is 0.0693. The molecule has 2 N–H and O–H groups in total. The Morgan fingerprint density at radius 2 is 2.05 bits per heavy atom. The number of benzene rings is 1. The van der Waals surface area contributed by atoms with Gasteiger partial charge in [-0.15, -0.1) is 0 Å². The second-order valence-corrected chi connectivity index (χ2v) is 6.02. The molecule has 0 atom stereocenters. The van der Waals surface area contributed by atoms with Gasteiger partial charge in [0, 0.05) is 25.5 Å². The van der Waals surface area contributed by atoms with E-state index >= 15 is 0 Å². The number of ether oxygens (including phenoxy) is 1. The zero-order valence-electron chi connectivity index (χ0n) is 11.4. The van der Waals surface area contributed by atoms with E-state index in [4.69, 9.17) is 9.84 Å². The van der Waals surface area contributed by atoms with Crippen LogP contribution in [-0.4, -0.2) is 31.2 Å². The van der Waals surface area contributed by atoms with Crippen LogP contribution in [0.4, 0.5) is 5.69 Å². The Bertz CT molecular complexity index is 780. The molecule has 2 rings (SSSR count). The zero-order chi connectivity index (χ0) is 15.6. The predicted molar refractivity (Wildman–Crippen MR) is 76.2 cm³/mol. The van der Waals surface area contributed by atoms with E-state index in [1.54, 1.807) is 17.8 Å². The number of sulfonamides is 1. The van der Waals surface area contributed by atoms with Gasteiger partial charge >= 0.3 is 5.97 Å². The number of carboxylic acids is 1. The standard InChI is InChI=1S/C13H14N2O5S/c1-15-6-5-10(8-15)21(18,19)14-9-3-4-11(13(16)17)12(7-9)20-2/h3-8,14H,1-2H3,(H,16,17). The molecular weight excluding hydrogens is 296 g/mol. The van der Waals surface area contributed by atoms with Crippen molar-refractivity contribution in [1.29, 1.82) is 0 Å². The number of anilines is 1. The quantitative estimate of drug-likeness (QED) is 0.873. The third-order valence-corrected chi connectivity index (χ3v) is 4.17. The summed E-state index contributed by atoms with van der Waals surface area (Å²) in [7, 11) is -0.696. The summed E-state index contributed by atoms with van der Waals surface area (Å²) in [4.78, 5) is 11.1. The minimum absolute atomic E-state index is 0.0415. The second-order valence-electron chi connectivity index (χ2n) is 4.34. The molecule has 1 aromatic heterocycles. The fraction of sp³-hybridized carbons (Fsp3) is 0.154. The number of methoxy groups -OCH3 is 1. The average Bonchev–Trinajstić information content (AvgIpc) is 2.85. The third kappa shape index (κ3) is 3.16. The molecule has 8 heteroatoms. The second kappa shape index (κ2) is 5.49. The van der Waals surface area contributed by atoms with E-state index in [2.05, 4.69) is 4.72 Å². The Labute approximate surface area is 121 Å². The van der Waals surface area contributed by atoms with Crippen LogP contribution in [0.2, 0.25) is 0 Å². The van der Waals surface area contributed by atoms with E-state index in [-0.39, 0.29) is 21.9 Å². The van der Waals surface area contributed by atoms with E-state index in [1.165, 1.54) is 37.6 Å². The van der Waals surface area contributed by atoms with Crippen LogP contribution in [0.1, 0.15) is 10.4 Å². The smallest absolute Gasteiger partial charge is 0.339 e. The molecule has 0 saturated heterocycles. The maximum atomic E-state index is 12.2. The number of rotatable bonds is 5. The minimum atomic E-state index is -3.72. The number of nitrogens with zero attached hydrogens (tertiary/aromatic N) is 1. The first-order chi connectivity index (χ1) is 9.83. The number of hydrogen-bond donors (Lipinski definition) is 2. The molecule has 2 aromatic rings. The Kier molecular flexibility index (Phi) is 3.90. The number of nitrogens with one attached hydrogen (secondary N) is 1. The van der Waals surface area contributed by atoms with Gasteiger partial charge in [0.2, 0.25) is 0 Å². The highest BCUT2D eigenvalue weighted by Crippen LogP contribution is 2.25. The first-order valence-electron chi connectivity index (χ1n) is 5.89. The van der Waals surface area contributed by atoms with Crippen molar-refractivity contribution in [2.75, 3.05) is 11.8 Å². The van der Waals surface area contributed by atoms with Gasteiger partial charge in [0.05, 0.1) is 12.8 Å². The summed E-state index contributed by atoms with van der Waals surface area (Å²) in [5.74, 6) is -1.07. The van der Waals surface area contributed by atoms with Crippen molar-refractivity contribution in [3.8, 4) is 5.75 Å². The van der Waals surface area contributed by atoms with Crippen molar-refractivity contribution >= 4 is 21.7 Å². The highest BCUT2D eigenvalue weighted by Gasteiger charge is 2.17. The molecule has 1 heterocycles. The van der Waals surface area contributed by atoms with E-state index < -0.39 is 16.0 Å². The first-order valence-corrected chi connectivity index (χ1v) is 7.38. The van der Waals surface area contributed by atoms with Crippen LogP contribution in [0.3, 0.4) is 0 Å². The van der Waals surface area contributed by atoms with Gasteiger partial charge in [-0.05, 0) is 18.2 Å². The molecule has 0 amide bonds. The fourth-order valence-corrected chi connectivity index (χ4v) is 2.88. The van der Waals surface area contributed by atoms with Crippen LogP contribution in [0.5, 0.6) is 5.75 Å². The highest BCUT2D eigenvalue weighted by molar-refractivity contribution is 7.92. The summed E-state index contributed by atoms with van der Waals surface area (Å²) in [6.07, 6.45) is 3.08. The minimum Gasteiger partial charge on any atom is -0.496 e.